The van der Waals surface area contributed by atoms with Gasteiger partial charge in [-0.2, -0.15) is 0 Å². The lowest BCUT2D eigenvalue weighted by Gasteiger charge is -2.02. The molecule has 0 bridgehead atoms. The Kier molecular flexibility index (Phi) is 4.15. The van der Waals surface area contributed by atoms with Crippen LogP contribution in [0.2, 0.25) is 0 Å². The summed E-state index contributed by atoms with van der Waals surface area (Å²) in [7, 11) is 0. The maximum Gasteiger partial charge on any atom is 0.374 e. The molecule has 4 nitrogen and oxygen atoms in total. The van der Waals surface area contributed by atoms with Gasteiger partial charge in [0.1, 0.15) is 0 Å². The van der Waals surface area contributed by atoms with E-state index < -0.39 is 5.97 Å². The second-order valence-electron chi connectivity index (χ2n) is 4.56. The minimum Gasteiger partial charge on any atom is -0.461 e. The van der Waals surface area contributed by atoms with Crippen molar-refractivity contribution in [1.82, 2.24) is 0 Å². The van der Waals surface area contributed by atoms with Crippen molar-refractivity contribution in [2.45, 2.75) is 6.92 Å². The van der Waals surface area contributed by atoms with Crippen molar-refractivity contribution in [1.29, 1.82) is 0 Å². The molecule has 0 spiro atoms. The molecule has 0 aliphatic rings. The van der Waals surface area contributed by atoms with Crippen molar-refractivity contribution < 1.29 is 18.4 Å². The molecular formula is C17H13BrO4. The van der Waals surface area contributed by atoms with Crippen molar-refractivity contribution >= 4 is 21.9 Å². The van der Waals surface area contributed by atoms with Crippen LogP contribution in [0.5, 0.6) is 0 Å². The second kappa shape index (κ2) is 6.23. The van der Waals surface area contributed by atoms with Gasteiger partial charge in [0, 0.05) is 10.0 Å². The summed E-state index contributed by atoms with van der Waals surface area (Å²) >= 11 is 3.40. The summed E-state index contributed by atoms with van der Waals surface area (Å²) in [5, 5.41) is 0. The summed E-state index contributed by atoms with van der Waals surface area (Å²) in [5.74, 6) is 0.744. The van der Waals surface area contributed by atoms with Crippen LogP contribution in [0.1, 0.15) is 17.5 Å². The molecular weight excluding hydrogens is 348 g/mol. The highest BCUT2D eigenvalue weighted by molar-refractivity contribution is 9.10. The van der Waals surface area contributed by atoms with Gasteiger partial charge in [-0.05, 0) is 42.8 Å². The van der Waals surface area contributed by atoms with E-state index in [0.717, 1.165) is 10.0 Å². The second-order valence-corrected chi connectivity index (χ2v) is 5.47. The Balaban J connectivity index is 2.10. The van der Waals surface area contributed by atoms with Crippen LogP contribution in [0.25, 0.3) is 22.6 Å². The number of hydrogen-bond acceptors (Lipinski definition) is 4. The summed E-state index contributed by atoms with van der Waals surface area (Å²) in [6.07, 6.45) is 1.56. The zero-order valence-electron chi connectivity index (χ0n) is 11.8. The first-order valence-corrected chi connectivity index (χ1v) is 7.59. The number of benzene rings is 1. The molecule has 112 valence electrons. The van der Waals surface area contributed by atoms with Crippen molar-refractivity contribution in [2.24, 2.45) is 0 Å². The van der Waals surface area contributed by atoms with Crippen LogP contribution in [0.3, 0.4) is 0 Å². The minimum atomic E-state index is -0.488. The Morgan fingerprint density at radius 2 is 1.95 bits per heavy atom. The number of carbonyl (C=O) groups excluding carboxylic acids is 1. The minimum absolute atomic E-state index is 0.176. The Morgan fingerprint density at radius 3 is 2.59 bits per heavy atom. The third-order valence-corrected chi connectivity index (χ3v) is 3.64. The lowest BCUT2D eigenvalue weighted by Crippen LogP contribution is -2.04. The van der Waals surface area contributed by atoms with E-state index in [9.17, 15) is 4.79 Å². The first-order valence-electron chi connectivity index (χ1n) is 6.80. The smallest absolute Gasteiger partial charge is 0.374 e. The van der Waals surface area contributed by atoms with E-state index in [1.807, 2.05) is 24.3 Å². The molecule has 0 atom stereocenters. The molecule has 2 heterocycles. The molecule has 0 saturated carbocycles. The van der Waals surface area contributed by atoms with Gasteiger partial charge >= 0.3 is 5.97 Å². The third-order valence-electron chi connectivity index (χ3n) is 3.11. The topological polar surface area (TPSA) is 52.6 Å². The lowest BCUT2D eigenvalue weighted by atomic mass is 10.1. The van der Waals surface area contributed by atoms with Crippen LogP contribution in [-0.4, -0.2) is 12.6 Å². The Hall–Kier alpha value is -2.27. The van der Waals surface area contributed by atoms with E-state index in [0.29, 0.717) is 17.1 Å². The first kappa shape index (κ1) is 14.7. The van der Waals surface area contributed by atoms with Crippen molar-refractivity contribution in [3.05, 3.63) is 59.0 Å². The normalized spacial score (nSPS) is 10.6. The lowest BCUT2D eigenvalue weighted by molar-refractivity contribution is 0.0492. The molecule has 5 heteroatoms. The fraction of sp³-hybridized carbons (Fsp3) is 0.118. The van der Waals surface area contributed by atoms with Crippen molar-refractivity contribution in [2.75, 3.05) is 6.61 Å². The van der Waals surface area contributed by atoms with Crippen molar-refractivity contribution in [3.8, 4) is 22.6 Å². The summed E-state index contributed by atoms with van der Waals surface area (Å²) < 4.78 is 17.0. The molecule has 0 radical (unpaired) electrons. The molecule has 0 fully saturated rings. The van der Waals surface area contributed by atoms with Crippen LogP contribution in [-0.2, 0) is 4.74 Å². The van der Waals surface area contributed by atoms with Gasteiger partial charge in [-0.25, -0.2) is 4.79 Å². The third kappa shape index (κ3) is 2.85. The van der Waals surface area contributed by atoms with Gasteiger partial charge in [0.15, 0.2) is 11.5 Å². The fourth-order valence-electron chi connectivity index (χ4n) is 2.12. The average Bonchev–Trinajstić information content (AvgIpc) is 3.17. The molecule has 2 aromatic heterocycles. The Morgan fingerprint density at radius 1 is 1.18 bits per heavy atom. The molecule has 3 rings (SSSR count). The summed E-state index contributed by atoms with van der Waals surface area (Å²) in [5.41, 5.74) is 1.55. The largest absolute Gasteiger partial charge is 0.461 e. The SMILES string of the molecule is CCOC(=O)c1oc(-c2ccco2)cc1-c1ccc(Br)cc1. The molecule has 0 unspecified atom stereocenters. The van der Waals surface area contributed by atoms with E-state index in [1.54, 1.807) is 31.4 Å². The Labute approximate surface area is 135 Å². The maximum atomic E-state index is 12.1. The molecule has 3 aromatic rings. The molecule has 0 aliphatic heterocycles. The van der Waals surface area contributed by atoms with E-state index in [1.165, 1.54) is 0 Å². The molecule has 0 aliphatic carbocycles. The molecule has 22 heavy (non-hydrogen) atoms. The number of halogens is 1. The number of carbonyl (C=O) groups is 1. The highest BCUT2D eigenvalue weighted by atomic mass is 79.9. The summed E-state index contributed by atoms with van der Waals surface area (Å²) in [6, 6.07) is 13.0. The number of esters is 1. The number of furan rings is 2. The summed E-state index contributed by atoms with van der Waals surface area (Å²) in [4.78, 5) is 12.1. The number of hydrogen-bond donors (Lipinski definition) is 0. The zero-order chi connectivity index (χ0) is 15.5. The van der Waals surface area contributed by atoms with E-state index in [4.69, 9.17) is 13.6 Å². The van der Waals surface area contributed by atoms with Crippen LogP contribution in [0, 0.1) is 0 Å². The zero-order valence-corrected chi connectivity index (χ0v) is 13.4. The first-order chi connectivity index (χ1) is 10.7. The monoisotopic (exact) mass is 360 g/mol. The van der Waals surface area contributed by atoms with Crippen LogP contribution >= 0.6 is 15.9 Å². The van der Waals surface area contributed by atoms with Crippen molar-refractivity contribution in [3.63, 3.8) is 0 Å². The van der Waals surface area contributed by atoms with Gasteiger partial charge in [0.25, 0.3) is 0 Å². The average molecular weight is 361 g/mol. The predicted molar refractivity (Wildman–Crippen MR) is 85.5 cm³/mol. The molecule has 0 amide bonds. The van der Waals surface area contributed by atoms with Crippen LogP contribution in [0.15, 0.2) is 62.0 Å². The van der Waals surface area contributed by atoms with E-state index >= 15 is 0 Å². The molecule has 0 saturated heterocycles. The number of rotatable bonds is 4. The number of ether oxygens (including phenoxy) is 1. The maximum absolute atomic E-state index is 12.1. The van der Waals surface area contributed by atoms with Gasteiger partial charge in [-0.15, -0.1) is 0 Å². The molecule has 0 N–H and O–H groups in total. The standard InChI is InChI=1S/C17H13BrO4/c1-2-20-17(19)16-13(11-5-7-12(18)8-6-11)10-15(22-16)14-4-3-9-21-14/h3-10H,2H2,1H3. The van der Waals surface area contributed by atoms with Crippen LogP contribution < -0.4 is 0 Å². The van der Waals surface area contributed by atoms with E-state index in [-0.39, 0.29) is 12.4 Å². The van der Waals surface area contributed by atoms with Gasteiger partial charge < -0.3 is 13.6 Å². The van der Waals surface area contributed by atoms with E-state index in [2.05, 4.69) is 15.9 Å². The van der Waals surface area contributed by atoms with Gasteiger partial charge in [0.2, 0.25) is 5.76 Å². The quantitative estimate of drug-likeness (QED) is 0.604. The highest BCUT2D eigenvalue weighted by Gasteiger charge is 2.22. The molecule has 1 aromatic carbocycles. The van der Waals surface area contributed by atoms with Gasteiger partial charge in [-0.1, -0.05) is 28.1 Å². The fourth-order valence-corrected chi connectivity index (χ4v) is 2.39. The van der Waals surface area contributed by atoms with Gasteiger partial charge in [0.05, 0.1) is 12.9 Å². The Bertz CT molecular complexity index is 770. The summed E-state index contributed by atoms with van der Waals surface area (Å²) in [6.45, 7) is 2.04. The highest BCUT2D eigenvalue weighted by Crippen LogP contribution is 2.33. The van der Waals surface area contributed by atoms with Gasteiger partial charge in [-0.3, -0.25) is 0 Å². The predicted octanol–water partition coefficient (Wildman–Crippen LogP) is 5.15. The van der Waals surface area contributed by atoms with Crippen LogP contribution in [0.4, 0.5) is 0 Å².